The Morgan fingerprint density at radius 3 is 2.68 bits per heavy atom. The highest BCUT2D eigenvalue weighted by atomic mass is 19.1. The molecular weight excluding hydrogens is 368 g/mol. The second-order valence-electron chi connectivity index (χ2n) is 6.25. The van der Waals surface area contributed by atoms with E-state index in [9.17, 15) is 13.6 Å². The number of amidine groups is 1. The maximum absolute atomic E-state index is 14.8. The van der Waals surface area contributed by atoms with Gasteiger partial charge in [-0.25, -0.2) is 18.7 Å². The van der Waals surface area contributed by atoms with Crippen LogP contribution in [0.5, 0.6) is 0 Å². The highest BCUT2D eigenvalue weighted by molar-refractivity contribution is 5.94. The molecule has 150 valence electrons. The van der Waals surface area contributed by atoms with Crippen molar-refractivity contribution in [1.29, 1.82) is 5.41 Å². The van der Waals surface area contributed by atoms with Crippen LogP contribution in [-0.2, 0) is 16.1 Å². The topological polar surface area (TPSA) is 105 Å². The lowest BCUT2D eigenvalue weighted by molar-refractivity contribution is -0.143. The van der Waals surface area contributed by atoms with Crippen LogP contribution in [0.3, 0.4) is 0 Å². The minimum Gasteiger partial charge on any atom is -0.460 e. The monoisotopic (exact) mass is 391 g/mol. The summed E-state index contributed by atoms with van der Waals surface area (Å²) in [7, 11) is 0. The van der Waals surface area contributed by atoms with Crippen LogP contribution in [0.25, 0.3) is 11.1 Å². The number of carbonyl (C=O) groups is 1. The number of esters is 1. The van der Waals surface area contributed by atoms with Gasteiger partial charge < -0.3 is 15.4 Å². The minimum atomic E-state index is -0.881. The molecule has 0 amide bonds. The highest BCUT2D eigenvalue weighted by Crippen LogP contribution is 2.26. The zero-order valence-electron chi connectivity index (χ0n) is 14.5. The van der Waals surface area contributed by atoms with E-state index in [0.717, 1.165) is 0 Å². The van der Waals surface area contributed by atoms with E-state index in [4.69, 9.17) is 15.9 Å². The summed E-state index contributed by atoms with van der Waals surface area (Å²) in [4.78, 5) is 21.6. The second-order valence-corrected chi connectivity index (χ2v) is 6.25. The molecule has 2 heterocycles. The van der Waals surface area contributed by atoms with Gasteiger partial charge in [-0.05, 0) is 6.42 Å². The molecule has 1 aromatic heterocycles. The molecule has 7 nitrogen and oxygen atoms in total. The van der Waals surface area contributed by atoms with E-state index in [0.29, 0.717) is 24.5 Å². The summed E-state index contributed by atoms with van der Waals surface area (Å²) in [6.07, 6.45) is 2.19. The van der Waals surface area contributed by atoms with Crippen molar-refractivity contribution in [2.45, 2.75) is 33.0 Å². The number of anilines is 1. The van der Waals surface area contributed by atoms with E-state index in [1.165, 1.54) is 18.5 Å². The Bertz CT molecular complexity index is 845. The summed E-state index contributed by atoms with van der Waals surface area (Å²) in [6, 6.07) is 4.71. The van der Waals surface area contributed by atoms with Crippen molar-refractivity contribution in [2.75, 3.05) is 18.0 Å². The molecule has 0 bridgehead atoms. The first-order valence-electron chi connectivity index (χ1n) is 8.41. The van der Waals surface area contributed by atoms with Crippen molar-refractivity contribution in [3.63, 3.8) is 0 Å². The number of aromatic nitrogens is 2. The number of halogens is 2. The second kappa shape index (κ2) is 9.20. The standard InChI is InChI=1S/C18H19F2N5O2.CH4/c19-13-4-5-25(9-13)18-23-7-12(8-24-18)14-3-1-2-11(17(14)20)10-27-16(26)6-15(21)22;/h1-3,7-8,13H,4-6,9-10H2,(H3,21,22);1H4/t13-;/m0./s1. The molecule has 2 aromatic rings. The summed E-state index contributed by atoms with van der Waals surface area (Å²) in [5.74, 6) is -1.15. The first-order chi connectivity index (χ1) is 12.9. The van der Waals surface area contributed by atoms with Crippen molar-refractivity contribution < 1.29 is 18.3 Å². The van der Waals surface area contributed by atoms with Crippen LogP contribution in [0.15, 0.2) is 30.6 Å². The molecular formula is C19H23F2N5O2. The van der Waals surface area contributed by atoms with E-state index in [2.05, 4.69) is 9.97 Å². The van der Waals surface area contributed by atoms with Crippen LogP contribution in [-0.4, -0.2) is 41.0 Å². The molecule has 3 rings (SSSR count). The summed E-state index contributed by atoms with van der Waals surface area (Å²) in [5.41, 5.74) is 6.05. The predicted molar refractivity (Wildman–Crippen MR) is 102 cm³/mol. The molecule has 0 saturated carbocycles. The van der Waals surface area contributed by atoms with Crippen LogP contribution < -0.4 is 10.6 Å². The van der Waals surface area contributed by atoms with Gasteiger partial charge in [0.05, 0.1) is 6.54 Å². The molecule has 28 heavy (non-hydrogen) atoms. The molecule has 3 N–H and O–H groups in total. The summed E-state index contributed by atoms with van der Waals surface area (Å²) < 4.78 is 33.0. The van der Waals surface area contributed by atoms with Crippen molar-refractivity contribution in [2.24, 2.45) is 5.73 Å². The number of hydrogen-bond acceptors (Lipinski definition) is 6. The van der Waals surface area contributed by atoms with E-state index in [-0.39, 0.29) is 44.0 Å². The van der Waals surface area contributed by atoms with E-state index in [1.54, 1.807) is 17.0 Å². The third kappa shape index (κ3) is 4.99. The normalized spacial score (nSPS) is 15.8. The van der Waals surface area contributed by atoms with Crippen LogP contribution in [0.4, 0.5) is 14.7 Å². The first-order valence-corrected chi connectivity index (χ1v) is 8.41. The molecule has 1 fully saturated rings. The van der Waals surface area contributed by atoms with Gasteiger partial charge >= 0.3 is 5.97 Å². The Balaban J connectivity index is 0.00000280. The number of ether oxygens (including phenoxy) is 1. The Hall–Kier alpha value is -3.10. The van der Waals surface area contributed by atoms with Crippen molar-refractivity contribution in [1.82, 2.24) is 9.97 Å². The van der Waals surface area contributed by atoms with Crippen LogP contribution in [0, 0.1) is 11.2 Å². The van der Waals surface area contributed by atoms with Gasteiger partial charge in [0, 0.05) is 35.6 Å². The molecule has 1 aliphatic heterocycles. The fraction of sp³-hybridized carbons (Fsp3) is 0.368. The van der Waals surface area contributed by atoms with Gasteiger partial charge in [0.25, 0.3) is 0 Å². The maximum atomic E-state index is 14.8. The minimum absolute atomic E-state index is 0. The highest BCUT2D eigenvalue weighted by Gasteiger charge is 2.23. The van der Waals surface area contributed by atoms with Gasteiger partial charge in [0.2, 0.25) is 5.95 Å². The molecule has 1 atom stereocenters. The Kier molecular flexibility index (Phi) is 6.97. The lowest BCUT2D eigenvalue weighted by Gasteiger charge is -2.15. The Morgan fingerprint density at radius 2 is 2.07 bits per heavy atom. The van der Waals surface area contributed by atoms with Crippen LogP contribution >= 0.6 is 0 Å². The maximum Gasteiger partial charge on any atom is 0.313 e. The molecule has 1 aromatic carbocycles. The molecule has 0 aliphatic carbocycles. The summed E-state index contributed by atoms with van der Waals surface area (Å²) in [6.45, 7) is 0.543. The number of hydrogen-bond donors (Lipinski definition) is 2. The van der Waals surface area contributed by atoms with Crippen molar-refractivity contribution in [3.05, 3.63) is 42.0 Å². The summed E-state index contributed by atoms with van der Waals surface area (Å²) >= 11 is 0. The molecule has 1 aliphatic rings. The molecule has 0 spiro atoms. The van der Waals surface area contributed by atoms with E-state index in [1.807, 2.05) is 0 Å². The van der Waals surface area contributed by atoms with Gasteiger partial charge in [-0.15, -0.1) is 0 Å². The zero-order chi connectivity index (χ0) is 19.4. The number of alkyl halides is 1. The van der Waals surface area contributed by atoms with Crippen molar-refractivity contribution in [3.8, 4) is 11.1 Å². The fourth-order valence-electron chi connectivity index (χ4n) is 2.80. The van der Waals surface area contributed by atoms with Gasteiger partial charge in [0.1, 0.15) is 30.9 Å². The predicted octanol–water partition coefficient (Wildman–Crippen LogP) is 2.84. The van der Waals surface area contributed by atoms with Gasteiger partial charge in [-0.3, -0.25) is 10.2 Å². The largest absolute Gasteiger partial charge is 0.460 e. The van der Waals surface area contributed by atoms with E-state index < -0.39 is 18.0 Å². The number of nitrogens with two attached hydrogens (primary N) is 1. The number of nitrogens with zero attached hydrogens (tertiary/aromatic N) is 3. The molecule has 0 unspecified atom stereocenters. The molecule has 0 radical (unpaired) electrons. The molecule has 1 saturated heterocycles. The van der Waals surface area contributed by atoms with Gasteiger partial charge in [-0.1, -0.05) is 25.6 Å². The Labute approximate surface area is 162 Å². The first kappa shape index (κ1) is 21.2. The summed E-state index contributed by atoms with van der Waals surface area (Å²) in [5, 5.41) is 7.05. The zero-order valence-corrected chi connectivity index (χ0v) is 14.5. The van der Waals surface area contributed by atoms with Gasteiger partial charge in [-0.2, -0.15) is 0 Å². The van der Waals surface area contributed by atoms with Crippen molar-refractivity contribution >= 4 is 17.8 Å². The third-order valence-corrected chi connectivity index (χ3v) is 4.16. The van der Waals surface area contributed by atoms with Gasteiger partial charge in [0.15, 0.2) is 0 Å². The van der Waals surface area contributed by atoms with Crippen LogP contribution in [0.1, 0.15) is 25.8 Å². The smallest absolute Gasteiger partial charge is 0.313 e. The quantitative estimate of drug-likeness (QED) is 0.446. The average Bonchev–Trinajstić information content (AvgIpc) is 3.07. The third-order valence-electron chi connectivity index (χ3n) is 4.16. The average molecular weight is 391 g/mol. The number of benzene rings is 1. The van der Waals surface area contributed by atoms with Crippen LogP contribution in [0.2, 0.25) is 0 Å². The number of carbonyl (C=O) groups excluding carboxylic acids is 1. The number of rotatable bonds is 6. The Morgan fingerprint density at radius 1 is 1.36 bits per heavy atom. The lowest BCUT2D eigenvalue weighted by atomic mass is 10.1. The number of nitrogens with one attached hydrogen (secondary N) is 1. The SMILES string of the molecule is C.N=C(N)CC(=O)OCc1cccc(-c2cnc(N3CC[C@H](F)C3)nc2)c1F. The van der Waals surface area contributed by atoms with E-state index >= 15 is 0 Å². The lowest BCUT2D eigenvalue weighted by Crippen LogP contribution is -2.22. The fourth-order valence-corrected chi connectivity index (χ4v) is 2.80. The molecule has 9 heteroatoms.